The monoisotopic (exact) mass is 312 g/mol. The van der Waals surface area contributed by atoms with E-state index in [9.17, 15) is 4.79 Å². The van der Waals surface area contributed by atoms with Crippen LogP contribution in [0.15, 0.2) is 12.3 Å². The van der Waals surface area contributed by atoms with Crippen LogP contribution in [0.5, 0.6) is 0 Å². The second-order valence-electron chi connectivity index (χ2n) is 5.65. The van der Waals surface area contributed by atoms with E-state index < -0.39 is 0 Å². The summed E-state index contributed by atoms with van der Waals surface area (Å²) in [5.41, 5.74) is 5.18. The first-order valence-electron chi connectivity index (χ1n) is 7.59. The minimum atomic E-state index is -0.214. The van der Waals surface area contributed by atoms with Gasteiger partial charge in [0.1, 0.15) is 5.56 Å². The van der Waals surface area contributed by atoms with Crippen LogP contribution < -0.4 is 5.32 Å². The van der Waals surface area contributed by atoms with E-state index in [1.54, 1.807) is 10.7 Å². The predicted molar refractivity (Wildman–Crippen MR) is 87.8 cm³/mol. The van der Waals surface area contributed by atoms with E-state index in [2.05, 4.69) is 20.5 Å². The highest BCUT2D eigenvalue weighted by molar-refractivity contribution is 6.09. The van der Waals surface area contributed by atoms with Gasteiger partial charge in [-0.05, 0) is 40.7 Å². The van der Waals surface area contributed by atoms with E-state index in [0.717, 1.165) is 23.6 Å². The lowest BCUT2D eigenvalue weighted by Gasteiger charge is -2.05. The lowest BCUT2D eigenvalue weighted by molar-refractivity contribution is 0.102. The zero-order valence-corrected chi connectivity index (χ0v) is 14.0. The smallest absolute Gasteiger partial charge is 0.261 e. The molecule has 0 atom stereocenters. The van der Waals surface area contributed by atoms with Crippen molar-refractivity contribution >= 4 is 17.2 Å². The number of aromatic nitrogens is 5. The molecule has 7 nitrogen and oxygen atoms in total. The number of hydrogen-bond donors (Lipinski definition) is 1. The molecule has 3 aromatic rings. The number of aryl methyl sites for hydroxylation is 4. The normalized spacial score (nSPS) is 11.2. The average molecular weight is 312 g/mol. The molecule has 0 aliphatic carbocycles. The van der Waals surface area contributed by atoms with Gasteiger partial charge in [-0.15, -0.1) is 0 Å². The second-order valence-corrected chi connectivity index (χ2v) is 5.65. The molecule has 23 heavy (non-hydrogen) atoms. The maximum absolute atomic E-state index is 12.7. The number of rotatable bonds is 3. The van der Waals surface area contributed by atoms with Crippen LogP contribution in [0.3, 0.4) is 0 Å². The highest BCUT2D eigenvalue weighted by Crippen LogP contribution is 2.20. The Bertz CT molecular complexity index is 905. The number of nitrogens with one attached hydrogen (secondary N) is 1. The molecule has 120 valence electrons. The molecule has 1 N–H and O–H groups in total. The number of nitrogens with zero attached hydrogens (tertiary/aromatic N) is 5. The van der Waals surface area contributed by atoms with Gasteiger partial charge in [-0.1, -0.05) is 0 Å². The highest BCUT2D eigenvalue weighted by atomic mass is 16.1. The molecule has 7 heteroatoms. The zero-order valence-electron chi connectivity index (χ0n) is 14.0. The van der Waals surface area contributed by atoms with Crippen molar-refractivity contribution in [1.82, 2.24) is 24.4 Å². The van der Waals surface area contributed by atoms with Gasteiger partial charge in [-0.3, -0.25) is 9.48 Å². The van der Waals surface area contributed by atoms with Crippen LogP contribution >= 0.6 is 0 Å². The van der Waals surface area contributed by atoms with Crippen molar-refractivity contribution in [3.8, 4) is 0 Å². The number of carbonyl (C=O) groups excluding carboxylic acids is 1. The molecule has 1 amide bonds. The second kappa shape index (κ2) is 5.49. The van der Waals surface area contributed by atoms with Crippen molar-refractivity contribution in [2.75, 3.05) is 5.32 Å². The standard InChI is InChI=1S/C16H20N6O/c1-6-21-12(5)13(8-17-21)19-16(23)14-11(4)20-22-10(3)7-9(2)18-15(14)22/h7-8H,6H2,1-5H3,(H,19,23). The van der Waals surface area contributed by atoms with Gasteiger partial charge in [-0.25, -0.2) is 9.50 Å². The Morgan fingerprint density at radius 2 is 2.00 bits per heavy atom. The van der Waals surface area contributed by atoms with Crippen LogP contribution in [0, 0.1) is 27.7 Å². The topological polar surface area (TPSA) is 77.1 Å². The molecule has 3 aromatic heterocycles. The Kier molecular flexibility index (Phi) is 3.63. The molecule has 0 aliphatic rings. The molecule has 0 aliphatic heterocycles. The van der Waals surface area contributed by atoms with Gasteiger partial charge in [0.2, 0.25) is 0 Å². The summed E-state index contributed by atoms with van der Waals surface area (Å²) in [5.74, 6) is -0.214. The maximum atomic E-state index is 12.7. The SMILES string of the molecule is CCn1ncc(NC(=O)c2c(C)nn3c(C)cc(C)nc23)c1C. The molecule has 0 saturated carbocycles. The number of carbonyl (C=O) groups is 1. The molecular weight excluding hydrogens is 292 g/mol. The molecule has 0 aromatic carbocycles. The minimum absolute atomic E-state index is 0.214. The van der Waals surface area contributed by atoms with Gasteiger partial charge < -0.3 is 5.32 Å². The summed E-state index contributed by atoms with van der Waals surface area (Å²) < 4.78 is 3.55. The summed E-state index contributed by atoms with van der Waals surface area (Å²) in [6.45, 7) is 10.4. The molecule has 0 saturated heterocycles. The van der Waals surface area contributed by atoms with Crippen LogP contribution in [-0.2, 0) is 6.54 Å². The third-order valence-corrected chi connectivity index (χ3v) is 3.95. The third kappa shape index (κ3) is 2.48. The van der Waals surface area contributed by atoms with Gasteiger partial charge in [0.25, 0.3) is 5.91 Å². The number of fused-ring (bicyclic) bond motifs is 1. The largest absolute Gasteiger partial charge is 0.319 e. The van der Waals surface area contributed by atoms with Crippen LogP contribution in [0.4, 0.5) is 5.69 Å². The van der Waals surface area contributed by atoms with Crippen molar-refractivity contribution in [2.24, 2.45) is 0 Å². The van der Waals surface area contributed by atoms with Crippen LogP contribution in [0.1, 0.15) is 40.1 Å². The maximum Gasteiger partial charge on any atom is 0.261 e. The van der Waals surface area contributed by atoms with Crippen LogP contribution in [-0.4, -0.2) is 30.3 Å². The Labute approximate surface area is 134 Å². The van der Waals surface area contributed by atoms with Crippen molar-refractivity contribution in [1.29, 1.82) is 0 Å². The summed E-state index contributed by atoms with van der Waals surface area (Å²) in [6.07, 6.45) is 1.67. The molecule has 0 spiro atoms. The van der Waals surface area contributed by atoms with Gasteiger partial charge >= 0.3 is 0 Å². The Morgan fingerprint density at radius 3 is 2.65 bits per heavy atom. The third-order valence-electron chi connectivity index (χ3n) is 3.95. The predicted octanol–water partition coefficient (Wildman–Crippen LogP) is 2.43. The van der Waals surface area contributed by atoms with Crippen molar-refractivity contribution < 1.29 is 4.79 Å². The van der Waals surface area contributed by atoms with E-state index in [0.29, 0.717) is 22.6 Å². The van der Waals surface area contributed by atoms with Gasteiger partial charge in [-0.2, -0.15) is 10.2 Å². The first-order valence-corrected chi connectivity index (χ1v) is 7.59. The molecule has 3 heterocycles. The summed E-state index contributed by atoms with van der Waals surface area (Å²) in [6, 6.07) is 1.94. The fourth-order valence-corrected chi connectivity index (χ4v) is 2.77. The average Bonchev–Trinajstić information content (AvgIpc) is 2.99. The fraction of sp³-hybridized carbons (Fsp3) is 0.375. The summed E-state index contributed by atoms with van der Waals surface area (Å²) >= 11 is 0. The lowest BCUT2D eigenvalue weighted by atomic mass is 10.2. The van der Waals surface area contributed by atoms with Gasteiger partial charge in [0.15, 0.2) is 5.65 Å². The van der Waals surface area contributed by atoms with E-state index in [1.165, 1.54) is 0 Å². The first kappa shape index (κ1) is 15.2. The van der Waals surface area contributed by atoms with Crippen molar-refractivity contribution in [2.45, 2.75) is 41.2 Å². The molecule has 0 bridgehead atoms. The number of amides is 1. The summed E-state index contributed by atoms with van der Waals surface area (Å²) in [7, 11) is 0. The summed E-state index contributed by atoms with van der Waals surface area (Å²) in [5, 5.41) is 11.6. The van der Waals surface area contributed by atoms with Crippen LogP contribution in [0.2, 0.25) is 0 Å². The number of hydrogen-bond acceptors (Lipinski definition) is 4. The zero-order chi connectivity index (χ0) is 16.7. The molecule has 0 fully saturated rings. The summed E-state index contributed by atoms with van der Waals surface area (Å²) in [4.78, 5) is 17.2. The first-order chi connectivity index (χ1) is 10.9. The van der Waals surface area contributed by atoms with E-state index in [1.807, 2.05) is 45.4 Å². The van der Waals surface area contributed by atoms with Crippen molar-refractivity contribution in [3.05, 3.63) is 40.6 Å². The van der Waals surface area contributed by atoms with E-state index in [4.69, 9.17) is 0 Å². The highest BCUT2D eigenvalue weighted by Gasteiger charge is 2.21. The van der Waals surface area contributed by atoms with Gasteiger partial charge in [0.05, 0.1) is 23.3 Å². The molecular formula is C16H20N6O. The Morgan fingerprint density at radius 1 is 1.26 bits per heavy atom. The van der Waals surface area contributed by atoms with Gasteiger partial charge in [0, 0.05) is 17.9 Å². The molecule has 0 unspecified atom stereocenters. The molecule has 0 radical (unpaired) electrons. The van der Waals surface area contributed by atoms with Crippen LogP contribution in [0.25, 0.3) is 5.65 Å². The fourth-order valence-electron chi connectivity index (χ4n) is 2.77. The van der Waals surface area contributed by atoms with E-state index in [-0.39, 0.29) is 5.91 Å². The Hall–Kier alpha value is -2.70. The minimum Gasteiger partial charge on any atom is -0.319 e. The quantitative estimate of drug-likeness (QED) is 0.806. The number of anilines is 1. The Balaban J connectivity index is 2.04. The van der Waals surface area contributed by atoms with Crippen molar-refractivity contribution in [3.63, 3.8) is 0 Å². The molecule has 3 rings (SSSR count). The lowest BCUT2D eigenvalue weighted by Crippen LogP contribution is -2.14. The van der Waals surface area contributed by atoms with E-state index >= 15 is 0 Å².